The van der Waals surface area contributed by atoms with Crippen molar-refractivity contribution >= 4 is 34.8 Å². The number of carbonyl (C=O) groups is 1. The predicted octanol–water partition coefficient (Wildman–Crippen LogP) is 3.03. The van der Waals surface area contributed by atoms with Gasteiger partial charge in [0.2, 0.25) is 5.91 Å². The van der Waals surface area contributed by atoms with Crippen LogP contribution >= 0.6 is 23.2 Å². The van der Waals surface area contributed by atoms with Crippen LogP contribution in [0.5, 0.6) is 0 Å². The Labute approximate surface area is 129 Å². The second kappa shape index (κ2) is 9.19. The molecular weight excluding hydrogens is 299 g/mol. The highest BCUT2D eigenvalue weighted by molar-refractivity contribution is 6.39. The fraction of sp³-hybridized carbons (Fsp3) is 0.500. The molecule has 1 rings (SSSR count). The SMILES string of the molecule is CCN(CCCO)CCC(=O)Nc1c(Cl)cccc1Cl. The van der Waals surface area contributed by atoms with Gasteiger partial charge in [0.05, 0.1) is 15.7 Å². The summed E-state index contributed by atoms with van der Waals surface area (Å²) in [6, 6.07) is 5.10. The summed E-state index contributed by atoms with van der Waals surface area (Å²) in [5.74, 6) is -0.123. The fourth-order valence-electron chi connectivity index (χ4n) is 1.80. The normalized spacial score (nSPS) is 10.8. The number of anilines is 1. The summed E-state index contributed by atoms with van der Waals surface area (Å²) in [6.07, 6.45) is 1.08. The minimum Gasteiger partial charge on any atom is -0.396 e. The molecule has 4 nitrogen and oxygen atoms in total. The molecule has 6 heteroatoms. The summed E-state index contributed by atoms with van der Waals surface area (Å²) in [5, 5.41) is 12.4. The average molecular weight is 319 g/mol. The lowest BCUT2D eigenvalue weighted by Crippen LogP contribution is -2.29. The van der Waals surface area contributed by atoms with Gasteiger partial charge >= 0.3 is 0 Å². The van der Waals surface area contributed by atoms with Crippen molar-refractivity contribution in [1.29, 1.82) is 0 Å². The summed E-state index contributed by atoms with van der Waals surface area (Å²) in [4.78, 5) is 14.0. The molecule has 112 valence electrons. The Morgan fingerprint density at radius 2 is 1.95 bits per heavy atom. The molecule has 1 amide bonds. The summed E-state index contributed by atoms with van der Waals surface area (Å²) in [7, 11) is 0. The molecule has 0 atom stereocenters. The summed E-state index contributed by atoms with van der Waals surface area (Å²) in [5.41, 5.74) is 0.458. The monoisotopic (exact) mass is 318 g/mol. The van der Waals surface area contributed by atoms with Crippen LogP contribution in [0.15, 0.2) is 18.2 Å². The fourth-order valence-corrected chi connectivity index (χ4v) is 2.29. The first-order valence-electron chi connectivity index (χ1n) is 6.65. The third-order valence-corrected chi connectivity index (χ3v) is 3.59. The van der Waals surface area contributed by atoms with Crippen molar-refractivity contribution in [3.63, 3.8) is 0 Å². The number of nitrogens with zero attached hydrogens (tertiary/aromatic N) is 1. The van der Waals surface area contributed by atoms with Gasteiger partial charge in [-0.15, -0.1) is 0 Å². The molecule has 0 radical (unpaired) electrons. The Morgan fingerprint density at radius 3 is 2.50 bits per heavy atom. The number of benzene rings is 1. The maximum Gasteiger partial charge on any atom is 0.225 e. The molecule has 0 heterocycles. The number of rotatable bonds is 8. The molecule has 0 bridgehead atoms. The van der Waals surface area contributed by atoms with E-state index in [-0.39, 0.29) is 12.5 Å². The van der Waals surface area contributed by atoms with Gasteiger partial charge in [-0.2, -0.15) is 0 Å². The van der Waals surface area contributed by atoms with Gasteiger partial charge < -0.3 is 15.3 Å². The number of aliphatic hydroxyl groups is 1. The van der Waals surface area contributed by atoms with E-state index in [4.69, 9.17) is 28.3 Å². The number of halogens is 2. The number of amides is 1. The summed E-state index contributed by atoms with van der Waals surface area (Å²) < 4.78 is 0. The highest BCUT2D eigenvalue weighted by Crippen LogP contribution is 2.29. The number of hydrogen-bond donors (Lipinski definition) is 2. The first-order chi connectivity index (χ1) is 9.58. The lowest BCUT2D eigenvalue weighted by atomic mass is 10.3. The Hall–Kier alpha value is -0.810. The minimum absolute atomic E-state index is 0.123. The van der Waals surface area contributed by atoms with Crippen LogP contribution in [-0.4, -0.2) is 42.2 Å². The topological polar surface area (TPSA) is 52.6 Å². The predicted molar refractivity (Wildman–Crippen MR) is 83.5 cm³/mol. The molecule has 1 aromatic rings. The molecule has 0 fully saturated rings. The third kappa shape index (κ3) is 5.67. The molecule has 0 spiro atoms. The Bertz CT molecular complexity index is 421. The highest BCUT2D eigenvalue weighted by atomic mass is 35.5. The lowest BCUT2D eigenvalue weighted by molar-refractivity contribution is -0.116. The van der Waals surface area contributed by atoms with E-state index < -0.39 is 0 Å². The minimum atomic E-state index is -0.123. The van der Waals surface area contributed by atoms with E-state index in [1.807, 2.05) is 6.92 Å². The quantitative estimate of drug-likeness (QED) is 0.774. The summed E-state index contributed by atoms with van der Waals surface area (Å²) in [6.45, 7) is 4.47. The number of para-hydroxylation sites is 1. The largest absolute Gasteiger partial charge is 0.396 e. The molecule has 0 saturated carbocycles. The first-order valence-corrected chi connectivity index (χ1v) is 7.41. The van der Waals surface area contributed by atoms with E-state index in [1.165, 1.54) is 0 Å². The van der Waals surface area contributed by atoms with Crippen molar-refractivity contribution < 1.29 is 9.90 Å². The summed E-state index contributed by atoms with van der Waals surface area (Å²) >= 11 is 12.0. The number of carbonyl (C=O) groups excluding carboxylic acids is 1. The van der Waals surface area contributed by atoms with Crippen molar-refractivity contribution in [2.45, 2.75) is 19.8 Å². The second-order valence-corrected chi connectivity index (χ2v) is 5.22. The zero-order chi connectivity index (χ0) is 15.0. The first kappa shape index (κ1) is 17.2. The van der Waals surface area contributed by atoms with Crippen LogP contribution in [-0.2, 0) is 4.79 Å². The third-order valence-electron chi connectivity index (χ3n) is 2.96. The van der Waals surface area contributed by atoms with E-state index in [9.17, 15) is 4.79 Å². The average Bonchev–Trinajstić information content (AvgIpc) is 2.43. The molecule has 20 heavy (non-hydrogen) atoms. The Morgan fingerprint density at radius 1 is 1.30 bits per heavy atom. The number of aliphatic hydroxyl groups excluding tert-OH is 1. The molecule has 0 aliphatic carbocycles. The van der Waals surface area contributed by atoms with Gasteiger partial charge in [-0.3, -0.25) is 4.79 Å². The van der Waals surface area contributed by atoms with Gasteiger partial charge in [0, 0.05) is 26.1 Å². The standard InChI is InChI=1S/C14H20Cl2N2O2/c1-2-18(8-4-10-19)9-7-13(20)17-14-11(15)5-3-6-12(14)16/h3,5-6,19H,2,4,7-10H2,1H3,(H,17,20). The number of hydrogen-bond acceptors (Lipinski definition) is 3. The molecular formula is C14H20Cl2N2O2. The van der Waals surface area contributed by atoms with E-state index in [1.54, 1.807) is 18.2 Å². The van der Waals surface area contributed by atoms with Gasteiger partial charge in [0.15, 0.2) is 0 Å². The van der Waals surface area contributed by atoms with Crippen LogP contribution in [0.4, 0.5) is 5.69 Å². The lowest BCUT2D eigenvalue weighted by Gasteiger charge is -2.19. The van der Waals surface area contributed by atoms with E-state index in [0.29, 0.717) is 35.1 Å². The van der Waals surface area contributed by atoms with Crippen molar-refractivity contribution in [3.05, 3.63) is 28.2 Å². The molecule has 0 unspecified atom stereocenters. The number of nitrogens with one attached hydrogen (secondary N) is 1. The maximum absolute atomic E-state index is 11.9. The van der Waals surface area contributed by atoms with Crippen molar-refractivity contribution in [2.75, 3.05) is 31.6 Å². The van der Waals surface area contributed by atoms with Crippen molar-refractivity contribution in [3.8, 4) is 0 Å². The molecule has 0 aromatic heterocycles. The van der Waals surface area contributed by atoms with E-state index in [2.05, 4.69) is 10.2 Å². The van der Waals surface area contributed by atoms with Crippen LogP contribution < -0.4 is 5.32 Å². The second-order valence-electron chi connectivity index (χ2n) is 4.41. The van der Waals surface area contributed by atoms with E-state index in [0.717, 1.165) is 13.1 Å². The van der Waals surface area contributed by atoms with Crippen LogP contribution in [0, 0.1) is 0 Å². The maximum atomic E-state index is 11.9. The Balaban J connectivity index is 2.47. The zero-order valence-corrected chi connectivity index (χ0v) is 13.0. The van der Waals surface area contributed by atoms with Crippen LogP contribution in [0.3, 0.4) is 0 Å². The smallest absolute Gasteiger partial charge is 0.225 e. The molecule has 0 aliphatic heterocycles. The van der Waals surface area contributed by atoms with Gasteiger partial charge in [-0.05, 0) is 25.1 Å². The van der Waals surface area contributed by atoms with Crippen molar-refractivity contribution in [2.24, 2.45) is 0 Å². The molecule has 1 aromatic carbocycles. The van der Waals surface area contributed by atoms with Crippen LogP contribution in [0.1, 0.15) is 19.8 Å². The van der Waals surface area contributed by atoms with E-state index >= 15 is 0 Å². The van der Waals surface area contributed by atoms with Crippen LogP contribution in [0.25, 0.3) is 0 Å². The molecule has 0 saturated heterocycles. The zero-order valence-electron chi connectivity index (χ0n) is 11.5. The van der Waals surface area contributed by atoms with Crippen molar-refractivity contribution in [1.82, 2.24) is 4.90 Å². The van der Waals surface area contributed by atoms with Gasteiger partial charge in [-0.25, -0.2) is 0 Å². The highest BCUT2D eigenvalue weighted by Gasteiger charge is 2.11. The Kier molecular flexibility index (Phi) is 7.92. The van der Waals surface area contributed by atoms with Crippen LogP contribution in [0.2, 0.25) is 10.0 Å². The molecule has 0 aliphatic rings. The van der Waals surface area contributed by atoms with Gasteiger partial charge in [0.1, 0.15) is 0 Å². The van der Waals surface area contributed by atoms with Gasteiger partial charge in [-0.1, -0.05) is 36.2 Å². The molecule has 2 N–H and O–H groups in total. The van der Waals surface area contributed by atoms with Gasteiger partial charge in [0.25, 0.3) is 0 Å².